The maximum Gasteiger partial charge on any atom is 0.225 e. The molecule has 0 atom stereocenters. The summed E-state index contributed by atoms with van der Waals surface area (Å²) in [5, 5.41) is 7.06. The number of carbonyl (C=O) groups is 1. The molecule has 0 aliphatic carbocycles. The van der Waals surface area contributed by atoms with Gasteiger partial charge in [0, 0.05) is 19.0 Å². The molecule has 1 aromatic carbocycles. The Morgan fingerprint density at radius 3 is 2.67 bits per heavy atom. The summed E-state index contributed by atoms with van der Waals surface area (Å²) in [5.74, 6) is 0.846. The predicted octanol–water partition coefficient (Wildman–Crippen LogP) is 3.25. The number of hydrogen-bond acceptors (Lipinski definition) is 2. The summed E-state index contributed by atoms with van der Waals surface area (Å²) in [6.07, 6.45) is 2.63. The van der Waals surface area contributed by atoms with Crippen molar-refractivity contribution < 1.29 is 9.18 Å². The molecule has 2 aromatic rings. The number of nitrogens with one attached hydrogen (secondary N) is 1. The summed E-state index contributed by atoms with van der Waals surface area (Å²) in [4.78, 5) is 12.0. The van der Waals surface area contributed by atoms with Crippen molar-refractivity contribution in [3.05, 3.63) is 47.9 Å². The van der Waals surface area contributed by atoms with Gasteiger partial charge in [-0.2, -0.15) is 5.10 Å². The van der Waals surface area contributed by atoms with Crippen LogP contribution in [0.2, 0.25) is 0 Å². The van der Waals surface area contributed by atoms with Crippen LogP contribution in [0, 0.1) is 11.7 Å². The summed E-state index contributed by atoms with van der Waals surface area (Å²) >= 11 is 0. The van der Waals surface area contributed by atoms with E-state index < -0.39 is 0 Å². The first kappa shape index (κ1) is 15.2. The van der Waals surface area contributed by atoms with E-state index in [0.717, 1.165) is 12.1 Å². The van der Waals surface area contributed by atoms with Gasteiger partial charge in [0.25, 0.3) is 0 Å². The van der Waals surface area contributed by atoms with Crippen LogP contribution < -0.4 is 5.32 Å². The molecular weight excluding hydrogens is 269 g/mol. The van der Waals surface area contributed by atoms with E-state index in [4.69, 9.17) is 0 Å². The number of halogens is 1. The van der Waals surface area contributed by atoms with Crippen LogP contribution in [0.3, 0.4) is 0 Å². The molecule has 5 heteroatoms. The van der Waals surface area contributed by atoms with Crippen LogP contribution in [0.4, 0.5) is 10.2 Å². The van der Waals surface area contributed by atoms with E-state index in [1.807, 2.05) is 0 Å². The summed E-state index contributed by atoms with van der Waals surface area (Å²) < 4.78 is 14.6. The predicted molar refractivity (Wildman–Crippen MR) is 80.4 cm³/mol. The quantitative estimate of drug-likeness (QED) is 0.887. The van der Waals surface area contributed by atoms with Gasteiger partial charge in [-0.05, 0) is 30.0 Å². The Bertz CT molecular complexity index is 590. The summed E-state index contributed by atoms with van der Waals surface area (Å²) in [6.45, 7) is 4.96. The Morgan fingerprint density at radius 1 is 1.29 bits per heavy atom. The Hall–Kier alpha value is -2.17. The molecule has 0 aliphatic rings. The van der Waals surface area contributed by atoms with E-state index in [0.29, 0.717) is 24.6 Å². The molecule has 112 valence electrons. The normalized spacial score (nSPS) is 10.9. The fourth-order valence-electron chi connectivity index (χ4n) is 2.04. The zero-order chi connectivity index (χ0) is 15.2. The van der Waals surface area contributed by atoms with Gasteiger partial charge in [0.2, 0.25) is 5.91 Å². The lowest BCUT2D eigenvalue weighted by molar-refractivity contribution is -0.116. The van der Waals surface area contributed by atoms with Crippen LogP contribution >= 0.6 is 0 Å². The highest BCUT2D eigenvalue weighted by Gasteiger charge is 2.08. The number of anilines is 1. The van der Waals surface area contributed by atoms with E-state index in [9.17, 15) is 9.18 Å². The summed E-state index contributed by atoms with van der Waals surface area (Å²) in [6, 6.07) is 8.01. The molecule has 0 saturated carbocycles. The lowest BCUT2D eigenvalue weighted by Crippen LogP contribution is -2.17. The molecule has 0 radical (unpaired) electrons. The van der Waals surface area contributed by atoms with Gasteiger partial charge in [0.1, 0.15) is 11.6 Å². The van der Waals surface area contributed by atoms with E-state index in [2.05, 4.69) is 24.3 Å². The Morgan fingerprint density at radius 2 is 2.00 bits per heavy atom. The third kappa shape index (κ3) is 4.70. The fourth-order valence-corrected chi connectivity index (χ4v) is 2.04. The molecular formula is C16H20FN3O. The van der Waals surface area contributed by atoms with E-state index in [-0.39, 0.29) is 11.7 Å². The fraction of sp³-hybridized carbons (Fsp3) is 0.375. The average molecular weight is 289 g/mol. The van der Waals surface area contributed by atoms with Crippen molar-refractivity contribution >= 4 is 11.7 Å². The first-order valence-electron chi connectivity index (χ1n) is 7.10. The molecule has 21 heavy (non-hydrogen) atoms. The van der Waals surface area contributed by atoms with Gasteiger partial charge in [0.05, 0.1) is 6.20 Å². The molecule has 4 nitrogen and oxygen atoms in total. The minimum absolute atomic E-state index is 0.0650. The van der Waals surface area contributed by atoms with Crippen LogP contribution in [0.25, 0.3) is 0 Å². The number of nitrogens with zero attached hydrogens (tertiary/aromatic N) is 2. The number of rotatable bonds is 6. The molecule has 1 heterocycles. The maximum absolute atomic E-state index is 12.8. The SMILES string of the molecule is CC(C)Cn1nccc1NC(=O)CCc1ccc(F)cc1. The zero-order valence-corrected chi connectivity index (χ0v) is 12.3. The summed E-state index contributed by atoms with van der Waals surface area (Å²) in [5.41, 5.74) is 0.947. The van der Waals surface area contributed by atoms with Crippen molar-refractivity contribution in [1.29, 1.82) is 0 Å². The number of carbonyl (C=O) groups excluding carboxylic acids is 1. The molecule has 1 N–H and O–H groups in total. The van der Waals surface area contributed by atoms with Crippen molar-refractivity contribution in [3.63, 3.8) is 0 Å². The second-order valence-electron chi connectivity index (χ2n) is 5.47. The maximum atomic E-state index is 12.8. The van der Waals surface area contributed by atoms with E-state index in [1.54, 1.807) is 29.1 Å². The van der Waals surface area contributed by atoms with Crippen LogP contribution in [0.5, 0.6) is 0 Å². The minimum atomic E-state index is -0.263. The molecule has 1 amide bonds. The number of amides is 1. The highest BCUT2D eigenvalue weighted by Crippen LogP contribution is 2.11. The van der Waals surface area contributed by atoms with Gasteiger partial charge in [-0.25, -0.2) is 9.07 Å². The van der Waals surface area contributed by atoms with Crippen LogP contribution in [0.1, 0.15) is 25.8 Å². The topological polar surface area (TPSA) is 46.9 Å². The van der Waals surface area contributed by atoms with Gasteiger partial charge in [0.15, 0.2) is 0 Å². The van der Waals surface area contributed by atoms with Gasteiger partial charge >= 0.3 is 0 Å². The third-order valence-corrected chi connectivity index (χ3v) is 3.08. The lowest BCUT2D eigenvalue weighted by Gasteiger charge is -2.10. The summed E-state index contributed by atoms with van der Waals surface area (Å²) in [7, 11) is 0. The van der Waals surface area contributed by atoms with Crippen molar-refractivity contribution in [3.8, 4) is 0 Å². The second kappa shape index (κ2) is 7.02. The van der Waals surface area contributed by atoms with E-state index in [1.165, 1.54) is 12.1 Å². The first-order valence-corrected chi connectivity index (χ1v) is 7.10. The molecule has 2 rings (SSSR count). The third-order valence-electron chi connectivity index (χ3n) is 3.08. The van der Waals surface area contributed by atoms with Gasteiger partial charge in [-0.3, -0.25) is 4.79 Å². The zero-order valence-electron chi connectivity index (χ0n) is 12.3. The highest BCUT2D eigenvalue weighted by atomic mass is 19.1. The van der Waals surface area contributed by atoms with Crippen molar-refractivity contribution in [2.24, 2.45) is 5.92 Å². The van der Waals surface area contributed by atoms with Crippen LogP contribution in [-0.4, -0.2) is 15.7 Å². The monoisotopic (exact) mass is 289 g/mol. The molecule has 0 fully saturated rings. The Labute approximate surface area is 124 Å². The van der Waals surface area contributed by atoms with Crippen LogP contribution in [0.15, 0.2) is 36.5 Å². The first-order chi connectivity index (χ1) is 10.0. The molecule has 0 unspecified atom stereocenters. The largest absolute Gasteiger partial charge is 0.311 e. The minimum Gasteiger partial charge on any atom is -0.311 e. The Balaban J connectivity index is 1.87. The number of aromatic nitrogens is 2. The van der Waals surface area contributed by atoms with E-state index >= 15 is 0 Å². The molecule has 0 saturated heterocycles. The van der Waals surface area contributed by atoms with Gasteiger partial charge in [-0.15, -0.1) is 0 Å². The molecule has 0 bridgehead atoms. The van der Waals surface area contributed by atoms with Crippen LogP contribution in [-0.2, 0) is 17.8 Å². The smallest absolute Gasteiger partial charge is 0.225 e. The number of aryl methyl sites for hydroxylation is 1. The number of benzene rings is 1. The standard InChI is InChI=1S/C16H20FN3O/c1-12(2)11-20-15(9-10-18-20)19-16(21)8-5-13-3-6-14(17)7-4-13/h3-4,6-7,9-10,12H,5,8,11H2,1-2H3,(H,19,21). The van der Waals surface area contributed by atoms with Crippen molar-refractivity contribution in [2.45, 2.75) is 33.2 Å². The van der Waals surface area contributed by atoms with Crippen molar-refractivity contribution in [2.75, 3.05) is 5.32 Å². The average Bonchev–Trinajstić information content (AvgIpc) is 2.84. The lowest BCUT2D eigenvalue weighted by atomic mass is 10.1. The number of hydrogen-bond donors (Lipinski definition) is 1. The van der Waals surface area contributed by atoms with Crippen molar-refractivity contribution in [1.82, 2.24) is 9.78 Å². The van der Waals surface area contributed by atoms with Gasteiger partial charge < -0.3 is 5.32 Å². The highest BCUT2D eigenvalue weighted by molar-refractivity contribution is 5.89. The van der Waals surface area contributed by atoms with Gasteiger partial charge in [-0.1, -0.05) is 26.0 Å². The molecule has 0 spiro atoms. The molecule has 0 aliphatic heterocycles. The molecule has 1 aromatic heterocycles. The Kier molecular flexibility index (Phi) is 5.09. The second-order valence-corrected chi connectivity index (χ2v) is 5.47.